The van der Waals surface area contributed by atoms with Crippen LogP contribution in [0.15, 0.2) is 53.6 Å². The van der Waals surface area contributed by atoms with E-state index in [1.54, 1.807) is 30.4 Å². The maximum atomic E-state index is 11.6. The van der Waals surface area contributed by atoms with E-state index in [0.717, 1.165) is 16.6 Å². The molecule has 0 aliphatic heterocycles. The van der Waals surface area contributed by atoms with Gasteiger partial charge in [0, 0.05) is 22.2 Å². The Morgan fingerprint density at radius 2 is 1.85 bits per heavy atom. The lowest BCUT2D eigenvalue weighted by atomic mass is 10.2. The normalized spacial score (nSPS) is 11.2. The number of hydrogen-bond acceptors (Lipinski definition) is 4. The second-order valence-electron chi connectivity index (χ2n) is 3.55. The van der Waals surface area contributed by atoms with Crippen molar-refractivity contribution in [1.82, 2.24) is 0 Å². The summed E-state index contributed by atoms with van der Waals surface area (Å²) in [5.41, 5.74) is 0.707. The van der Waals surface area contributed by atoms with E-state index in [1.165, 1.54) is 7.11 Å². The van der Waals surface area contributed by atoms with Crippen LogP contribution < -0.4 is 4.74 Å². The van der Waals surface area contributed by atoms with Gasteiger partial charge in [-0.3, -0.25) is 0 Å². The van der Waals surface area contributed by atoms with E-state index in [1.807, 2.05) is 6.07 Å². The Hall–Kier alpha value is -2.14. The van der Waals surface area contributed by atoms with Gasteiger partial charge in [0.05, 0.1) is 7.11 Å². The van der Waals surface area contributed by atoms with Crippen LogP contribution in [0.3, 0.4) is 0 Å². The van der Waals surface area contributed by atoms with Gasteiger partial charge < -0.3 is 9.47 Å². The number of hydrogen-bond donors (Lipinski definition) is 0. The van der Waals surface area contributed by atoms with Gasteiger partial charge in [0.2, 0.25) is 0 Å². The number of allylic oxidation sites excluding steroid dienone is 2. The van der Waals surface area contributed by atoms with Crippen molar-refractivity contribution in [3.63, 3.8) is 0 Å². The van der Waals surface area contributed by atoms with E-state index in [-0.39, 0.29) is 0 Å². The van der Waals surface area contributed by atoms with Crippen molar-refractivity contribution < 1.29 is 19.1 Å². The summed E-state index contributed by atoms with van der Waals surface area (Å²) < 4.78 is 10.3. The van der Waals surface area contributed by atoms with E-state index >= 15 is 0 Å². The molecule has 0 radical (unpaired) electrons. The van der Waals surface area contributed by atoms with Gasteiger partial charge in [-0.05, 0) is 12.1 Å². The quantitative estimate of drug-likeness (QED) is 0.358. The molecule has 0 saturated carbocycles. The van der Waals surface area contributed by atoms with Crippen molar-refractivity contribution in [2.45, 2.75) is 0 Å². The molecular weight excluding hydrogens is 324 g/mol. The smallest absolute Gasteiger partial charge is 0.336 e. The van der Waals surface area contributed by atoms with Gasteiger partial charge in [0.1, 0.15) is 5.75 Å². The van der Waals surface area contributed by atoms with Crippen LogP contribution in [0.2, 0.25) is 0 Å². The Morgan fingerprint density at radius 1 is 1.20 bits per heavy atom. The first kappa shape index (κ1) is 15.9. The second kappa shape index (κ2) is 8.12. The van der Waals surface area contributed by atoms with E-state index in [2.05, 4.69) is 27.2 Å². The minimum absolute atomic E-state index is 0.380. The fourth-order valence-electron chi connectivity index (χ4n) is 1.25. The van der Waals surface area contributed by atoms with Crippen molar-refractivity contribution in [3.05, 3.63) is 59.1 Å². The Labute approximate surface area is 125 Å². The minimum atomic E-state index is -0.661. The first-order chi connectivity index (χ1) is 9.56. The molecule has 0 saturated heterocycles. The lowest BCUT2D eigenvalue weighted by Crippen LogP contribution is -2.06. The number of halogens is 1. The van der Waals surface area contributed by atoms with Gasteiger partial charge in [0.15, 0.2) is 0 Å². The fraction of sp³-hybridized carbons (Fsp3) is 0.0667. The lowest BCUT2D eigenvalue weighted by molar-refractivity contribution is -0.135. The number of carbonyl (C=O) groups excluding carboxylic acids is 2. The molecular formula is C15H13BrO4. The van der Waals surface area contributed by atoms with Crippen molar-refractivity contribution in [3.8, 4) is 5.75 Å². The Bertz CT molecular complexity index is 573. The molecule has 104 valence electrons. The van der Waals surface area contributed by atoms with E-state index in [9.17, 15) is 9.59 Å². The van der Waals surface area contributed by atoms with E-state index < -0.39 is 11.9 Å². The van der Waals surface area contributed by atoms with Crippen LogP contribution in [0.5, 0.6) is 5.75 Å². The Morgan fingerprint density at radius 3 is 2.50 bits per heavy atom. The number of esters is 2. The molecule has 4 nitrogen and oxygen atoms in total. The maximum Gasteiger partial charge on any atom is 0.336 e. The van der Waals surface area contributed by atoms with Gasteiger partial charge in [-0.1, -0.05) is 46.8 Å². The van der Waals surface area contributed by atoms with Crippen LogP contribution in [0, 0.1) is 0 Å². The van der Waals surface area contributed by atoms with Gasteiger partial charge >= 0.3 is 11.9 Å². The SMILES string of the molecule is C=C/C(Br)=C/c1ccccc1OC(=O)/C=C/C(=O)OC. The molecule has 0 spiro atoms. The number of benzene rings is 1. The molecule has 1 aromatic carbocycles. The van der Waals surface area contributed by atoms with Gasteiger partial charge in [-0.25, -0.2) is 9.59 Å². The molecule has 0 heterocycles. The molecule has 0 atom stereocenters. The van der Waals surface area contributed by atoms with Crippen LogP contribution in [0.25, 0.3) is 6.08 Å². The van der Waals surface area contributed by atoms with Gasteiger partial charge in [-0.2, -0.15) is 0 Å². The van der Waals surface area contributed by atoms with Gasteiger partial charge in [0.25, 0.3) is 0 Å². The van der Waals surface area contributed by atoms with Crippen LogP contribution in [0.4, 0.5) is 0 Å². The fourth-order valence-corrected chi connectivity index (χ4v) is 1.49. The monoisotopic (exact) mass is 336 g/mol. The standard InChI is InChI=1S/C15H13BrO4/c1-3-12(16)10-11-6-4-5-7-13(11)20-15(18)9-8-14(17)19-2/h3-10H,1H2,2H3/b9-8+,12-10-. The molecule has 0 amide bonds. The molecule has 1 aromatic rings. The summed E-state index contributed by atoms with van der Waals surface area (Å²) in [6.07, 6.45) is 5.39. The summed E-state index contributed by atoms with van der Waals surface area (Å²) in [5, 5.41) is 0. The number of carbonyl (C=O) groups is 2. The zero-order valence-corrected chi connectivity index (χ0v) is 12.4. The lowest BCUT2D eigenvalue weighted by Gasteiger charge is -2.05. The second-order valence-corrected chi connectivity index (χ2v) is 4.46. The summed E-state index contributed by atoms with van der Waals surface area (Å²) in [4.78, 5) is 22.4. The highest BCUT2D eigenvalue weighted by molar-refractivity contribution is 9.12. The van der Waals surface area contributed by atoms with E-state index in [4.69, 9.17) is 4.74 Å². The number of ether oxygens (including phenoxy) is 2. The number of para-hydroxylation sites is 1. The van der Waals surface area contributed by atoms with Crippen molar-refractivity contribution in [1.29, 1.82) is 0 Å². The predicted molar refractivity (Wildman–Crippen MR) is 80.3 cm³/mol. The minimum Gasteiger partial charge on any atom is -0.466 e. The highest BCUT2D eigenvalue weighted by atomic mass is 79.9. The Balaban J connectivity index is 2.88. The summed E-state index contributed by atoms with van der Waals surface area (Å²) in [6.45, 7) is 3.62. The first-order valence-electron chi connectivity index (χ1n) is 5.63. The molecule has 0 aromatic heterocycles. The van der Waals surface area contributed by atoms with Crippen molar-refractivity contribution in [2.24, 2.45) is 0 Å². The maximum absolute atomic E-state index is 11.6. The molecule has 0 aliphatic carbocycles. The average molecular weight is 337 g/mol. The van der Waals surface area contributed by atoms with Gasteiger partial charge in [-0.15, -0.1) is 0 Å². The molecule has 0 aliphatic rings. The van der Waals surface area contributed by atoms with Crippen LogP contribution in [-0.4, -0.2) is 19.0 Å². The summed E-state index contributed by atoms with van der Waals surface area (Å²) in [6, 6.07) is 7.00. The molecule has 0 fully saturated rings. The molecule has 0 unspecified atom stereocenters. The third-order valence-corrected chi connectivity index (χ3v) is 2.73. The number of methoxy groups -OCH3 is 1. The van der Waals surface area contributed by atoms with Crippen molar-refractivity contribution in [2.75, 3.05) is 7.11 Å². The van der Waals surface area contributed by atoms with E-state index in [0.29, 0.717) is 11.3 Å². The zero-order valence-electron chi connectivity index (χ0n) is 10.8. The number of rotatable bonds is 5. The summed E-state index contributed by atoms with van der Waals surface area (Å²) in [7, 11) is 1.23. The molecule has 5 heteroatoms. The first-order valence-corrected chi connectivity index (χ1v) is 6.42. The van der Waals surface area contributed by atoms with Crippen LogP contribution >= 0.6 is 15.9 Å². The third-order valence-electron chi connectivity index (χ3n) is 2.17. The third kappa shape index (κ3) is 5.24. The molecule has 20 heavy (non-hydrogen) atoms. The van der Waals surface area contributed by atoms with Crippen molar-refractivity contribution >= 4 is 33.9 Å². The molecule has 1 rings (SSSR count). The molecule has 0 N–H and O–H groups in total. The zero-order chi connectivity index (χ0) is 15.0. The highest BCUT2D eigenvalue weighted by Crippen LogP contribution is 2.23. The predicted octanol–water partition coefficient (Wildman–Crippen LogP) is 3.24. The van der Waals surface area contributed by atoms with Crippen LogP contribution in [-0.2, 0) is 14.3 Å². The Kier molecular flexibility index (Phi) is 6.46. The van der Waals surface area contributed by atoms with Crippen LogP contribution in [0.1, 0.15) is 5.56 Å². The summed E-state index contributed by atoms with van der Waals surface area (Å²) >= 11 is 3.30. The largest absolute Gasteiger partial charge is 0.466 e. The topological polar surface area (TPSA) is 52.6 Å². The molecule has 0 bridgehead atoms. The highest BCUT2D eigenvalue weighted by Gasteiger charge is 2.06. The average Bonchev–Trinajstić information content (AvgIpc) is 2.46. The summed E-state index contributed by atoms with van der Waals surface area (Å²) in [5.74, 6) is -0.902.